The molecular weight excluding hydrogens is 268 g/mol. The topological polar surface area (TPSA) is 61.8 Å². The fourth-order valence-corrected chi connectivity index (χ4v) is 2.38. The first-order valence-electron chi connectivity index (χ1n) is 7.31. The third kappa shape index (κ3) is 5.36. The molecule has 1 saturated heterocycles. The highest BCUT2D eigenvalue weighted by atomic mass is 16.6. The predicted octanol–water partition coefficient (Wildman–Crippen LogP) is 2.60. The Morgan fingerprint density at radius 3 is 2.86 bits per heavy atom. The molecule has 5 heteroatoms. The van der Waals surface area contributed by atoms with E-state index < -0.39 is 11.7 Å². The molecule has 21 heavy (non-hydrogen) atoms. The molecular formula is C16H24N2O3. The van der Waals surface area contributed by atoms with Crippen LogP contribution < -0.4 is 5.32 Å². The average molecular weight is 292 g/mol. The van der Waals surface area contributed by atoms with Gasteiger partial charge >= 0.3 is 6.09 Å². The molecule has 1 amide bonds. The molecule has 0 unspecified atom stereocenters. The van der Waals surface area contributed by atoms with Gasteiger partial charge in [0.05, 0.1) is 6.10 Å². The molecule has 1 atom stereocenters. The number of likely N-dealkylation sites (tertiary alicyclic amines) is 1. The molecule has 116 valence electrons. The van der Waals surface area contributed by atoms with Crippen molar-refractivity contribution in [3.63, 3.8) is 0 Å². The van der Waals surface area contributed by atoms with Gasteiger partial charge in [0.25, 0.3) is 0 Å². The number of carbonyl (C=O) groups is 1. The van der Waals surface area contributed by atoms with Gasteiger partial charge in [-0.2, -0.15) is 0 Å². The molecule has 1 heterocycles. The largest absolute Gasteiger partial charge is 0.444 e. The molecule has 0 aliphatic carbocycles. The lowest BCUT2D eigenvalue weighted by Crippen LogP contribution is -2.27. The summed E-state index contributed by atoms with van der Waals surface area (Å²) in [5.74, 6) is 0. The van der Waals surface area contributed by atoms with Crippen molar-refractivity contribution in [3.05, 3.63) is 29.8 Å². The Hall–Kier alpha value is -1.59. The standard InChI is InChI=1S/C16H24N2O3/c1-16(2,3)21-15(20)17-13-6-4-5-12(9-13)10-18-8-7-14(19)11-18/h4-6,9,14,19H,7-8,10-11H2,1-3H3,(H,17,20)/t14-/m0/s1. The van der Waals surface area contributed by atoms with E-state index in [1.54, 1.807) is 0 Å². The first-order valence-corrected chi connectivity index (χ1v) is 7.31. The van der Waals surface area contributed by atoms with Gasteiger partial charge in [0.1, 0.15) is 5.60 Å². The van der Waals surface area contributed by atoms with Crippen LogP contribution in [-0.4, -0.2) is 40.9 Å². The van der Waals surface area contributed by atoms with Crippen LogP contribution in [0, 0.1) is 0 Å². The van der Waals surface area contributed by atoms with E-state index in [9.17, 15) is 9.90 Å². The van der Waals surface area contributed by atoms with Gasteiger partial charge < -0.3 is 9.84 Å². The molecule has 1 aliphatic heterocycles. The second-order valence-corrected chi connectivity index (χ2v) is 6.50. The monoisotopic (exact) mass is 292 g/mol. The van der Waals surface area contributed by atoms with E-state index in [0.717, 1.165) is 30.8 Å². The van der Waals surface area contributed by atoms with Crippen molar-refractivity contribution in [2.45, 2.75) is 45.4 Å². The van der Waals surface area contributed by atoms with Crippen molar-refractivity contribution in [2.75, 3.05) is 18.4 Å². The van der Waals surface area contributed by atoms with Gasteiger partial charge in [0.2, 0.25) is 0 Å². The van der Waals surface area contributed by atoms with Gasteiger partial charge in [-0.05, 0) is 44.9 Å². The highest BCUT2D eigenvalue weighted by molar-refractivity contribution is 5.84. The van der Waals surface area contributed by atoms with Crippen LogP contribution in [0.3, 0.4) is 0 Å². The number of aliphatic hydroxyl groups excluding tert-OH is 1. The fourth-order valence-electron chi connectivity index (χ4n) is 2.38. The highest BCUT2D eigenvalue weighted by Gasteiger charge is 2.20. The minimum atomic E-state index is -0.507. The van der Waals surface area contributed by atoms with E-state index in [0.29, 0.717) is 6.54 Å². The lowest BCUT2D eigenvalue weighted by molar-refractivity contribution is 0.0636. The smallest absolute Gasteiger partial charge is 0.412 e. The molecule has 1 aromatic carbocycles. The highest BCUT2D eigenvalue weighted by Crippen LogP contribution is 2.17. The van der Waals surface area contributed by atoms with Crippen molar-refractivity contribution in [3.8, 4) is 0 Å². The second-order valence-electron chi connectivity index (χ2n) is 6.50. The number of carbonyl (C=O) groups excluding carboxylic acids is 1. The van der Waals surface area contributed by atoms with Crippen LogP contribution in [0.1, 0.15) is 32.8 Å². The first-order chi connectivity index (χ1) is 9.82. The Kier molecular flexibility index (Phi) is 4.85. The summed E-state index contributed by atoms with van der Waals surface area (Å²) in [5, 5.41) is 12.3. The zero-order valence-corrected chi connectivity index (χ0v) is 12.9. The summed E-state index contributed by atoms with van der Waals surface area (Å²) in [6.45, 7) is 7.90. The summed E-state index contributed by atoms with van der Waals surface area (Å²) in [6.07, 6.45) is 0.167. The quantitative estimate of drug-likeness (QED) is 0.899. The zero-order chi connectivity index (χ0) is 15.5. The van der Waals surface area contributed by atoms with E-state index in [4.69, 9.17) is 4.74 Å². The number of nitrogens with zero attached hydrogens (tertiary/aromatic N) is 1. The maximum atomic E-state index is 11.8. The molecule has 5 nitrogen and oxygen atoms in total. The minimum absolute atomic E-state index is 0.215. The van der Waals surface area contributed by atoms with E-state index >= 15 is 0 Å². The lowest BCUT2D eigenvalue weighted by atomic mass is 10.2. The number of amides is 1. The summed E-state index contributed by atoms with van der Waals surface area (Å²) in [7, 11) is 0. The Labute approximate surface area is 125 Å². The van der Waals surface area contributed by atoms with Crippen LogP contribution in [0.15, 0.2) is 24.3 Å². The summed E-state index contributed by atoms with van der Waals surface area (Å²) in [4.78, 5) is 14.0. The second kappa shape index (κ2) is 6.45. The normalized spacial score (nSPS) is 19.5. The third-order valence-electron chi connectivity index (χ3n) is 3.23. The van der Waals surface area contributed by atoms with Crippen LogP contribution >= 0.6 is 0 Å². The zero-order valence-electron chi connectivity index (χ0n) is 12.9. The molecule has 2 rings (SSSR count). The Morgan fingerprint density at radius 1 is 1.48 bits per heavy atom. The van der Waals surface area contributed by atoms with Crippen molar-refractivity contribution in [1.82, 2.24) is 4.90 Å². The van der Waals surface area contributed by atoms with Crippen LogP contribution in [0.4, 0.5) is 10.5 Å². The molecule has 0 radical (unpaired) electrons. The fraction of sp³-hybridized carbons (Fsp3) is 0.562. The number of benzene rings is 1. The molecule has 0 bridgehead atoms. The molecule has 0 spiro atoms. The molecule has 1 aliphatic rings. The Balaban J connectivity index is 1.93. The van der Waals surface area contributed by atoms with Crippen LogP contribution in [0.5, 0.6) is 0 Å². The average Bonchev–Trinajstić information content (AvgIpc) is 2.72. The number of hydrogen-bond acceptors (Lipinski definition) is 4. The number of hydrogen-bond donors (Lipinski definition) is 2. The van der Waals surface area contributed by atoms with Gasteiger partial charge in [0.15, 0.2) is 0 Å². The number of nitrogens with one attached hydrogen (secondary N) is 1. The summed E-state index contributed by atoms with van der Waals surface area (Å²) in [5.41, 5.74) is 1.33. The Morgan fingerprint density at radius 2 is 2.24 bits per heavy atom. The molecule has 0 saturated carbocycles. The van der Waals surface area contributed by atoms with E-state index in [1.165, 1.54) is 0 Å². The van der Waals surface area contributed by atoms with Gasteiger partial charge in [0, 0.05) is 25.3 Å². The van der Waals surface area contributed by atoms with E-state index in [2.05, 4.69) is 10.2 Å². The molecule has 2 N–H and O–H groups in total. The molecule has 1 aromatic rings. The maximum absolute atomic E-state index is 11.8. The Bertz CT molecular complexity index is 497. The number of β-amino-alcohol motifs (C(OH)–C–C–N with tert-alkyl or cyclic N) is 1. The summed E-state index contributed by atoms with van der Waals surface area (Å²) >= 11 is 0. The lowest BCUT2D eigenvalue weighted by Gasteiger charge is -2.20. The summed E-state index contributed by atoms with van der Waals surface area (Å²) < 4.78 is 5.24. The van der Waals surface area contributed by atoms with Crippen LogP contribution in [0.2, 0.25) is 0 Å². The van der Waals surface area contributed by atoms with Gasteiger partial charge in [-0.3, -0.25) is 10.2 Å². The van der Waals surface area contributed by atoms with Crippen molar-refractivity contribution in [1.29, 1.82) is 0 Å². The SMILES string of the molecule is CC(C)(C)OC(=O)Nc1cccc(CN2CC[C@H](O)C2)c1. The molecule has 0 aromatic heterocycles. The van der Waals surface area contributed by atoms with Crippen molar-refractivity contribution < 1.29 is 14.6 Å². The first kappa shape index (κ1) is 15.8. The predicted molar refractivity (Wildman–Crippen MR) is 82.2 cm³/mol. The number of aliphatic hydroxyl groups is 1. The van der Waals surface area contributed by atoms with E-state index in [1.807, 2.05) is 45.0 Å². The number of rotatable bonds is 3. The van der Waals surface area contributed by atoms with Crippen molar-refractivity contribution in [2.24, 2.45) is 0 Å². The van der Waals surface area contributed by atoms with Gasteiger partial charge in [-0.1, -0.05) is 12.1 Å². The maximum Gasteiger partial charge on any atom is 0.412 e. The minimum Gasteiger partial charge on any atom is -0.444 e. The molecule has 1 fully saturated rings. The van der Waals surface area contributed by atoms with Crippen molar-refractivity contribution >= 4 is 11.8 Å². The summed E-state index contributed by atoms with van der Waals surface area (Å²) in [6, 6.07) is 7.71. The van der Waals surface area contributed by atoms with Gasteiger partial charge in [-0.25, -0.2) is 4.79 Å². The third-order valence-corrected chi connectivity index (χ3v) is 3.23. The van der Waals surface area contributed by atoms with Crippen LogP contribution in [-0.2, 0) is 11.3 Å². The van der Waals surface area contributed by atoms with Gasteiger partial charge in [-0.15, -0.1) is 0 Å². The number of ether oxygens (including phenoxy) is 1. The van der Waals surface area contributed by atoms with E-state index in [-0.39, 0.29) is 6.10 Å². The van der Waals surface area contributed by atoms with Crippen LogP contribution in [0.25, 0.3) is 0 Å². The number of anilines is 1.